The second-order valence-corrected chi connectivity index (χ2v) is 6.68. The van der Waals surface area contributed by atoms with Crippen molar-refractivity contribution in [1.29, 1.82) is 0 Å². The van der Waals surface area contributed by atoms with E-state index < -0.39 is 0 Å². The van der Waals surface area contributed by atoms with Crippen LogP contribution in [0.1, 0.15) is 18.4 Å². The minimum Gasteiger partial charge on any atom is -0.494 e. The molecule has 3 rings (SSSR count). The third kappa shape index (κ3) is 5.47. The predicted octanol–water partition coefficient (Wildman–Crippen LogP) is 1.85. The van der Waals surface area contributed by atoms with Gasteiger partial charge in [0.25, 0.3) is 5.91 Å². The SMILES string of the molecule is CN=C(NCc1ccc(OC)c(F)c1)N1CCN(C(=O)C2CCCO2)CC1.I. The molecular weight excluding hydrogens is 478 g/mol. The van der Waals surface area contributed by atoms with Crippen LogP contribution in [-0.2, 0) is 16.1 Å². The van der Waals surface area contributed by atoms with Gasteiger partial charge in [-0.1, -0.05) is 6.07 Å². The van der Waals surface area contributed by atoms with Crippen molar-refractivity contribution in [3.8, 4) is 5.75 Å². The molecule has 0 aliphatic carbocycles. The number of rotatable bonds is 4. The zero-order valence-electron chi connectivity index (χ0n) is 16.3. The minimum atomic E-state index is -0.381. The van der Waals surface area contributed by atoms with Gasteiger partial charge in [0.15, 0.2) is 17.5 Å². The summed E-state index contributed by atoms with van der Waals surface area (Å²) in [6.07, 6.45) is 1.51. The van der Waals surface area contributed by atoms with E-state index in [4.69, 9.17) is 9.47 Å². The highest BCUT2D eigenvalue weighted by atomic mass is 127. The Hall–Kier alpha value is -1.62. The Labute approximate surface area is 182 Å². The van der Waals surface area contributed by atoms with E-state index in [9.17, 15) is 9.18 Å². The van der Waals surface area contributed by atoms with Crippen LogP contribution in [0.5, 0.6) is 5.75 Å². The Morgan fingerprint density at radius 1 is 1.32 bits per heavy atom. The predicted molar refractivity (Wildman–Crippen MR) is 116 cm³/mol. The summed E-state index contributed by atoms with van der Waals surface area (Å²) in [5.74, 6) is 0.697. The first kappa shape index (κ1) is 22.7. The fourth-order valence-electron chi connectivity index (χ4n) is 3.45. The Kier molecular flexibility index (Phi) is 8.74. The number of amides is 1. The first-order valence-electron chi connectivity index (χ1n) is 9.30. The van der Waals surface area contributed by atoms with Gasteiger partial charge >= 0.3 is 0 Å². The van der Waals surface area contributed by atoms with Crippen molar-refractivity contribution < 1.29 is 18.7 Å². The van der Waals surface area contributed by atoms with Gasteiger partial charge in [0.1, 0.15) is 6.10 Å². The zero-order valence-corrected chi connectivity index (χ0v) is 18.6. The summed E-state index contributed by atoms with van der Waals surface area (Å²) in [5.41, 5.74) is 0.807. The molecule has 9 heteroatoms. The van der Waals surface area contributed by atoms with Crippen molar-refractivity contribution in [1.82, 2.24) is 15.1 Å². The Bertz CT molecular complexity index is 690. The van der Waals surface area contributed by atoms with E-state index in [-0.39, 0.29) is 47.6 Å². The third-order valence-electron chi connectivity index (χ3n) is 4.97. The Balaban J connectivity index is 0.00000280. The maximum Gasteiger partial charge on any atom is 0.251 e. The number of nitrogens with zero attached hydrogens (tertiary/aromatic N) is 3. The molecule has 0 aromatic heterocycles. The van der Waals surface area contributed by atoms with Crippen LogP contribution in [0.2, 0.25) is 0 Å². The Morgan fingerprint density at radius 3 is 2.61 bits per heavy atom. The van der Waals surface area contributed by atoms with Crippen LogP contribution in [0.15, 0.2) is 23.2 Å². The highest BCUT2D eigenvalue weighted by Gasteiger charge is 2.30. The smallest absolute Gasteiger partial charge is 0.251 e. The van der Waals surface area contributed by atoms with Gasteiger partial charge in [-0.25, -0.2) is 4.39 Å². The van der Waals surface area contributed by atoms with E-state index in [0.29, 0.717) is 39.3 Å². The summed E-state index contributed by atoms with van der Waals surface area (Å²) in [5, 5.41) is 3.26. The molecule has 2 saturated heterocycles. The lowest BCUT2D eigenvalue weighted by Gasteiger charge is -2.37. The van der Waals surface area contributed by atoms with Gasteiger partial charge in [-0.05, 0) is 30.5 Å². The molecule has 2 fully saturated rings. The van der Waals surface area contributed by atoms with Crippen LogP contribution in [0.4, 0.5) is 4.39 Å². The van der Waals surface area contributed by atoms with Gasteiger partial charge in [0.2, 0.25) is 0 Å². The number of carbonyl (C=O) groups excluding carboxylic acids is 1. The van der Waals surface area contributed by atoms with Crippen LogP contribution in [0, 0.1) is 5.82 Å². The molecule has 0 spiro atoms. The number of guanidine groups is 1. The number of halogens is 2. The molecule has 156 valence electrons. The largest absolute Gasteiger partial charge is 0.494 e. The number of nitrogens with one attached hydrogen (secondary N) is 1. The van der Waals surface area contributed by atoms with Gasteiger partial charge in [-0.3, -0.25) is 9.79 Å². The molecule has 2 aliphatic rings. The molecule has 1 atom stereocenters. The van der Waals surface area contributed by atoms with Gasteiger partial charge in [0.05, 0.1) is 7.11 Å². The number of hydrogen-bond acceptors (Lipinski definition) is 4. The van der Waals surface area contributed by atoms with E-state index in [1.54, 1.807) is 13.1 Å². The van der Waals surface area contributed by atoms with Gasteiger partial charge in [-0.2, -0.15) is 0 Å². The highest BCUT2D eigenvalue weighted by molar-refractivity contribution is 14.0. The van der Waals surface area contributed by atoms with E-state index in [1.807, 2.05) is 11.0 Å². The van der Waals surface area contributed by atoms with E-state index in [0.717, 1.165) is 24.4 Å². The van der Waals surface area contributed by atoms with Crippen molar-refractivity contribution >= 4 is 35.8 Å². The third-order valence-corrected chi connectivity index (χ3v) is 4.97. The van der Waals surface area contributed by atoms with Gasteiger partial charge < -0.3 is 24.6 Å². The first-order valence-corrected chi connectivity index (χ1v) is 9.30. The second-order valence-electron chi connectivity index (χ2n) is 6.68. The van der Waals surface area contributed by atoms with Crippen LogP contribution < -0.4 is 10.1 Å². The zero-order chi connectivity index (χ0) is 19.2. The molecule has 0 saturated carbocycles. The molecule has 2 aliphatic heterocycles. The van der Waals surface area contributed by atoms with Gasteiger partial charge in [-0.15, -0.1) is 24.0 Å². The maximum atomic E-state index is 13.8. The number of benzene rings is 1. The topological polar surface area (TPSA) is 66.4 Å². The molecule has 1 aromatic rings. The van der Waals surface area contributed by atoms with Crippen LogP contribution in [-0.4, -0.2) is 74.7 Å². The number of carbonyl (C=O) groups is 1. The molecule has 1 unspecified atom stereocenters. The fraction of sp³-hybridized carbons (Fsp3) is 0.579. The number of hydrogen-bond donors (Lipinski definition) is 1. The number of aliphatic imine (C=N–C) groups is 1. The average Bonchev–Trinajstić information content (AvgIpc) is 3.23. The van der Waals surface area contributed by atoms with Crippen molar-refractivity contribution in [2.24, 2.45) is 4.99 Å². The fourth-order valence-corrected chi connectivity index (χ4v) is 3.45. The van der Waals surface area contributed by atoms with Crippen LogP contribution in [0.25, 0.3) is 0 Å². The molecule has 28 heavy (non-hydrogen) atoms. The average molecular weight is 506 g/mol. The van der Waals surface area contributed by atoms with E-state index in [2.05, 4.69) is 15.2 Å². The summed E-state index contributed by atoms with van der Waals surface area (Å²) in [4.78, 5) is 20.7. The van der Waals surface area contributed by atoms with E-state index >= 15 is 0 Å². The molecule has 2 heterocycles. The highest BCUT2D eigenvalue weighted by Crippen LogP contribution is 2.18. The molecule has 0 bridgehead atoms. The van der Waals surface area contributed by atoms with Crippen molar-refractivity contribution in [2.45, 2.75) is 25.5 Å². The standard InChI is InChI=1S/C19H27FN4O3.HI/c1-21-19(22-13-14-5-6-16(26-2)15(20)12-14)24-9-7-23(8-10-24)18(25)17-4-3-11-27-17;/h5-6,12,17H,3-4,7-11,13H2,1-2H3,(H,21,22);1H. The molecular formula is C19H28FIN4O3. The van der Waals surface area contributed by atoms with Crippen LogP contribution >= 0.6 is 24.0 Å². The van der Waals surface area contributed by atoms with E-state index in [1.165, 1.54) is 13.2 Å². The normalized spacial score (nSPS) is 20.0. The Morgan fingerprint density at radius 2 is 2.04 bits per heavy atom. The first-order chi connectivity index (χ1) is 13.1. The molecule has 1 amide bonds. The van der Waals surface area contributed by atoms with Crippen LogP contribution in [0.3, 0.4) is 0 Å². The monoisotopic (exact) mass is 506 g/mol. The summed E-state index contributed by atoms with van der Waals surface area (Å²) in [6.45, 7) is 3.85. The quantitative estimate of drug-likeness (QED) is 0.384. The van der Waals surface area contributed by atoms with Crippen molar-refractivity contribution in [3.63, 3.8) is 0 Å². The summed E-state index contributed by atoms with van der Waals surface area (Å²) in [7, 11) is 3.17. The number of methoxy groups -OCH3 is 1. The summed E-state index contributed by atoms with van der Waals surface area (Å²) < 4.78 is 24.3. The lowest BCUT2D eigenvalue weighted by atomic mass is 10.2. The summed E-state index contributed by atoms with van der Waals surface area (Å²) in [6, 6.07) is 4.89. The molecule has 7 nitrogen and oxygen atoms in total. The van der Waals surface area contributed by atoms with Crippen molar-refractivity contribution in [3.05, 3.63) is 29.6 Å². The van der Waals surface area contributed by atoms with Crippen molar-refractivity contribution in [2.75, 3.05) is 46.9 Å². The maximum absolute atomic E-state index is 13.8. The molecule has 1 aromatic carbocycles. The lowest BCUT2D eigenvalue weighted by molar-refractivity contribution is -0.142. The molecule has 0 radical (unpaired) electrons. The molecule has 1 N–H and O–H groups in total. The number of piperazine rings is 1. The second kappa shape index (κ2) is 10.8. The number of ether oxygens (including phenoxy) is 2. The lowest BCUT2D eigenvalue weighted by Crippen LogP contribution is -2.55. The minimum absolute atomic E-state index is 0. The summed E-state index contributed by atoms with van der Waals surface area (Å²) >= 11 is 0. The van der Waals surface area contributed by atoms with Gasteiger partial charge in [0, 0.05) is 46.4 Å².